The van der Waals surface area contributed by atoms with Crippen LogP contribution in [-0.4, -0.2) is 34.7 Å². The third kappa shape index (κ3) is 6.35. The van der Waals surface area contributed by atoms with E-state index in [1.807, 2.05) is 0 Å². The van der Waals surface area contributed by atoms with Crippen molar-refractivity contribution in [2.75, 3.05) is 0 Å². The minimum absolute atomic E-state index is 0.119. The van der Waals surface area contributed by atoms with Crippen molar-refractivity contribution < 1.29 is 39.0 Å². The summed E-state index contributed by atoms with van der Waals surface area (Å²) < 4.78 is 4.68. The van der Waals surface area contributed by atoms with Crippen molar-refractivity contribution in [3.63, 3.8) is 0 Å². The number of rotatable bonds is 7. The Kier molecular flexibility index (Phi) is 6.87. The quantitative estimate of drug-likeness (QED) is 0.348. The van der Waals surface area contributed by atoms with Crippen LogP contribution < -0.4 is 0 Å². The molecule has 1 N–H and O–H groups in total. The molecule has 0 spiro atoms. The van der Waals surface area contributed by atoms with Crippen LogP contribution in [0.15, 0.2) is 24.3 Å². The van der Waals surface area contributed by atoms with E-state index in [4.69, 9.17) is 9.99 Å². The van der Waals surface area contributed by atoms with Gasteiger partial charge in [0.25, 0.3) is 0 Å². The zero-order valence-electron chi connectivity index (χ0n) is 13.9. The zero-order valence-corrected chi connectivity index (χ0v) is 13.9. The van der Waals surface area contributed by atoms with Crippen LogP contribution in [0.2, 0.25) is 0 Å². The average Bonchev–Trinajstić information content (AvgIpc) is 2.46. The molecular weight excluding hydrogens is 320 g/mol. The minimum Gasteiger partial charge on any atom is -0.473 e. The second kappa shape index (κ2) is 8.42. The van der Waals surface area contributed by atoms with Crippen molar-refractivity contribution in [2.24, 2.45) is 0 Å². The summed E-state index contributed by atoms with van der Waals surface area (Å²) in [6, 6.07) is 6.80. The molecule has 0 amide bonds. The van der Waals surface area contributed by atoms with E-state index in [0.717, 1.165) is 5.56 Å². The Bertz CT molecular complexity index is 608. The largest absolute Gasteiger partial charge is 0.473 e. The number of carboxylic acid groups (broad SMARTS) is 1. The van der Waals surface area contributed by atoms with E-state index < -0.39 is 29.6 Å². The molecule has 0 heterocycles. The number of hydrogen-bond acceptors (Lipinski definition) is 7. The predicted molar refractivity (Wildman–Crippen MR) is 80.7 cm³/mol. The van der Waals surface area contributed by atoms with Gasteiger partial charge in [-0.2, -0.15) is 4.89 Å². The molecular formula is C16H20O8. The van der Waals surface area contributed by atoms with Crippen LogP contribution in [-0.2, 0) is 29.1 Å². The molecule has 0 saturated carbocycles. The highest BCUT2D eigenvalue weighted by Gasteiger charge is 2.28. The van der Waals surface area contributed by atoms with Gasteiger partial charge in [-0.25, -0.2) is 14.4 Å². The molecule has 1 unspecified atom stereocenters. The van der Waals surface area contributed by atoms with Gasteiger partial charge in [0.1, 0.15) is 11.7 Å². The van der Waals surface area contributed by atoms with E-state index in [0.29, 0.717) is 5.56 Å². The number of carbonyl (C=O) groups is 3. The van der Waals surface area contributed by atoms with Crippen molar-refractivity contribution in [3.8, 4) is 0 Å². The van der Waals surface area contributed by atoms with Gasteiger partial charge in [0.05, 0.1) is 5.56 Å². The van der Waals surface area contributed by atoms with E-state index in [1.54, 1.807) is 45.0 Å². The van der Waals surface area contributed by atoms with Crippen molar-refractivity contribution >= 4 is 17.9 Å². The van der Waals surface area contributed by atoms with E-state index in [9.17, 15) is 14.4 Å². The smallest absolute Gasteiger partial charge is 0.417 e. The third-order valence-corrected chi connectivity index (χ3v) is 3.00. The highest BCUT2D eigenvalue weighted by molar-refractivity contribution is 6.28. The molecule has 0 saturated heterocycles. The van der Waals surface area contributed by atoms with Gasteiger partial charge < -0.3 is 9.84 Å². The molecule has 8 heteroatoms. The maximum absolute atomic E-state index is 11.8. The lowest BCUT2D eigenvalue weighted by Crippen LogP contribution is -2.33. The second-order valence-electron chi connectivity index (χ2n) is 5.82. The molecule has 0 fully saturated rings. The van der Waals surface area contributed by atoms with Crippen LogP contribution in [0.1, 0.15) is 43.1 Å². The van der Waals surface area contributed by atoms with E-state index >= 15 is 0 Å². The van der Waals surface area contributed by atoms with Gasteiger partial charge >= 0.3 is 17.9 Å². The molecule has 0 radical (unpaired) electrons. The van der Waals surface area contributed by atoms with Crippen LogP contribution in [0.25, 0.3) is 0 Å². The molecule has 1 aromatic rings. The summed E-state index contributed by atoms with van der Waals surface area (Å²) in [5.41, 5.74) is 0.0618. The maximum Gasteiger partial charge on any atom is 0.417 e. The van der Waals surface area contributed by atoms with Crippen molar-refractivity contribution in [1.29, 1.82) is 0 Å². The highest BCUT2D eigenvalue weighted by atomic mass is 17.5. The zero-order chi connectivity index (χ0) is 18.3. The lowest BCUT2D eigenvalue weighted by molar-refractivity contribution is -0.513. The van der Waals surface area contributed by atoms with Gasteiger partial charge in [0.2, 0.25) is 0 Å². The second-order valence-corrected chi connectivity index (χ2v) is 5.82. The summed E-state index contributed by atoms with van der Waals surface area (Å²) in [5, 5.41) is 13.0. The molecule has 0 aliphatic heterocycles. The van der Waals surface area contributed by atoms with Gasteiger partial charge in [-0.3, -0.25) is 4.89 Å². The van der Waals surface area contributed by atoms with Gasteiger partial charge in [-0.15, -0.1) is 0 Å². The molecule has 0 bridgehead atoms. The molecule has 8 nitrogen and oxygen atoms in total. The molecule has 24 heavy (non-hydrogen) atoms. The average molecular weight is 340 g/mol. The summed E-state index contributed by atoms with van der Waals surface area (Å²) in [7, 11) is 0. The van der Waals surface area contributed by atoms with Crippen molar-refractivity contribution in [2.45, 2.75) is 45.8 Å². The van der Waals surface area contributed by atoms with Crippen molar-refractivity contribution in [3.05, 3.63) is 35.4 Å². The van der Waals surface area contributed by atoms with Crippen LogP contribution >= 0.6 is 0 Å². The first kappa shape index (κ1) is 19.6. The fourth-order valence-corrected chi connectivity index (χ4v) is 1.99. The van der Waals surface area contributed by atoms with Gasteiger partial charge in [-0.1, -0.05) is 18.2 Å². The van der Waals surface area contributed by atoms with E-state index in [1.165, 1.54) is 6.92 Å². The summed E-state index contributed by atoms with van der Waals surface area (Å²) in [5.74, 6) is -3.75. The standard InChI is InChI=1S/C16H20O8/c1-10-7-5-6-8-12(10)14(19)22-24-23-16(3,4)9-11(2)21-15(20)13(17)18/h5-8,11H,9H2,1-4H3,(H,17,18). The molecule has 132 valence electrons. The van der Waals surface area contributed by atoms with Crippen LogP contribution in [0.4, 0.5) is 0 Å². The number of aliphatic carboxylic acids is 1. The van der Waals surface area contributed by atoms with Crippen molar-refractivity contribution in [1.82, 2.24) is 0 Å². The van der Waals surface area contributed by atoms with Crippen LogP contribution in [0.5, 0.6) is 0 Å². The molecule has 0 aliphatic carbocycles. The Balaban J connectivity index is 2.45. The van der Waals surface area contributed by atoms with Gasteiger partial charge in [-0.05, 0) is 44.4 Å². The fourth-order valence-electron chi connectivity index (χ4n) is 1.99. The number of benzene rings is 1. The lowest BCUT2D eigenvalue weighted by atomic mass is 10.0. The molecule has 1 atom stereocenters. The molecule has 0 aromatic heterocycles. The highest BCUT2D eigenvalue weighted by Crippen LogP contribution is 2.19. The molecule has 1 aromatic carbocycles. The SMILES string of the molecule is Cc1ccccc1C(=O)OOOC(C)(C)CC(C)OC(=O)C(=O)O. The first-order valence-corrected chi connectivity index (χ1v) is 7.18. The van der Waals surface area contributed by atoms with E-state index in [2.05, 4.69) is 14.7 Å². The Morgan fingerprint density at radius 1 is 1.21 bits per heavy atom. The number of carbonyl (C=O) groups excluding carboxylic acids is 2. The topological polar surface area (TPSA) is 108 Å². The number of ether oxygens (including phenoxy) is 1. The Morgan fingerprint density at radius 3 is 2.42 bits per heavy atom. The first-order chi connectivity index (χ1) is 11.1. The summed E-state index contributed by atoms with van der Waals surface area (Å²) in [4.78, 5) is 42.8. The number of aryl methyl sites for hydroxylation is 1. The summed E-state index contributed by atoms with van der Waals surface area (Å²) in [6.45, 7) is 6.45. The predicted octanol–water partition coefficient (Wildman–Crippen LogP) is 2.20. The van der Waals surface area contributed by atoms with Crippen LogP contribution in [0.3, 0.4) is 0 Å². The van der Waals surface area contributed by atoms with Crippen LogP contribution in [0, 0.1) is 6.92 Å². The molecule has 1 rings (SSSR count). The maximum atomic E-state index is 11.8. The monoisotopic (exact) mass is 340 g/mol. The van der Waals surface area contributed by atoms with Gasteiger partial charge in [0.15, 0.2) is 0 Å². The Hall–Kier alpha value is -2.45. The third-order valence-electron chi connectivity index (χ3n) is 3.00. The van der Waals surface area contributed by atoms with Gasteiger partial charge in [0, 0.05) is 6.42 Å². The first-order valence-electron chi connectivity index (χ1n) is 7.18. The number of esters is 1. The van der Waals surface area contributed by atoms with E-state index in [-0.39, 0.29) is 6.42 Å². The fraction of sp³-hybridized carbons (Fsp3) is 0.438. The Morgan fingerprint density at radius 2 is 1.83 bits per heavy atom. The number of hydrogen-bond donors (Lipinski definition) is 1. The summed E-state index contributed by atoms with van der Waals surface area (Å²) in [6.07, 6.45) is -0.618. The number of carboxylic acids is 1. The minimum atomic E-state index is -1.68. The Labute approximate surface area is 139 Å². The summed E-state index contributed by atoms with van der Waals surface area (Å²) >= 11 is 0. The lowest BCUT2D eigenvalue weighted by Gasteiger charge is -2.25. The molecule has 0 aliphatic rings. The normalized spacial score (nSPS) is 12.3.